The van der Waals surface area contributed by atoms with Crippen LogP contribution in [0, 0.1) is 0 Å². The number of piperidine rings is 1. The summed E-state index contributed by atoms with van der Waals surface area (Å²) in [6.45, 7) is 7.40. The highest BCUT2D eigenvalue weighted by molar-refractivity contribution is 5.79. The van der Waals surface area contributed by atoms with Gasteiger partial charge in [0.2, 0.25) is 0 Å². The van der Waals surface area contributed by atoms with Crippen LogP contribution in [0.4, 0.5) is 0 Å². The van der Waals surface area contributed by atoms with E-state index in [0.29, 0.717) is 49.8 Å². The summed E-state index contributed by atoms with van der Waals surface area (Å²) < 4.78 is 11.1. The first-order valence-electron chi connectivity index (χ1n) is 8.45. The lowest BCUT2D eigenvalue weighted by molar-refractivity contribution is -0.121. The lowest BCUT2D eigenvalue weighted by atomic mass is 10.0. The minimum Gasteiger partial charge on any atom is -0.490 e. The SMILES string of the molecule is CCOc1ccc(C(O)CCN2CCC(=O)CC2)cc1OCC. The number of benzene rings is 1. The first-order valence-corrected chi connectivity index (χ1v) is 8.45. The number of Topliss-reactive ketones (excluding diaryl/α,β-unsaturated/α-hetero) is 1. The van der Waals surface area contributed by atoms with Gasteiger partial charge in [-0.25, -0.2) is 0 Å². The molecule has 128 valence electrons. The Balaban J connectivity index is 1.94. The molecule has 1 N–H and O–H groups in total. The van der Waals surface area contributed by atoms with Gasteiger partial charge in [-0.1, -0.05) is 6.07 Å². The molecule has 1 aromatic carbocycles. The molecule has 2 rings (SSSR count). The Kier molecular flexibility index (Phi) is 6.86. The largest absolute Gasteiger partial charge is 0.490 e. The standard InChI is InChI=1S/C18H27NO4/c1-3-22-17-6-5-14(13-18(17)23-4-2)16(21)9-12-19-10-7-15(20)8-11-19/h5-6,13,16,21H,3-4,7-12H2,1-2H3. The van der Waals surface area contributed by atoms with E-state index >= 15 is 0 Å². The molecule has 1 aliphatic heterocycles. The van der Waals surface area contributed by atoms with Crippen molar-refractivity contribution in [2.45, 2.75) is 39.2 Å². The molecule has 0 amide bonds. The van der Waals surface area contributed by atoms with E-state index in [2.05, 4.69) is 4.90 Å². The molecule has 1 aliphatic rings. The molecule has 1 atom stereocenters. The Morgan fingerprint density at radius 2 is 1.78 bits per heavy atom. The van der Waals surface area contributed by atoms with Crippen LogP contribution in [0.1, 0.15) is 44.8 Å². The van der Waals surface area contributed by atoms with Gasteiger partial charge in [-0.05, 0) is 38.0 Å². The number of nitrogens with zero attached hydrogens (tertiary/aromatic N) is 1. The average molecular weight is 321 g/mol. The molecule has 23 heavy (non-hydrogen) atoms. The van der Waals surface area contributed by atoms with Gasteiger partial charge in [0.1, 0.15) is 5.78 Å². The maximum atomic E-state index is 11.3. The Morgan fingerprint density at radius 1 is 1.13 bits per heavy atom. The van der Waals surface area contributed by atoms with Crippen LogP contribution in [0.5, 0.6) is 11.5 Å². The predicted octanol–water partition coefficient (Wildman–Crippen LogP) is 2.57. The molecule has 1 heterocycles. The van der Waals surface area contributed by atoms with Gasteiger partial charge in [-0.2, -0.15) is 0 Å². The fourth-order valence-corrected chi connectivity index (χ4v) is 2.77. The monoisotopic (exact) mass is 321 g/mol. The van der Waals surface area contributed by atoms with Crippen LogP contribution >= 0.6 is 0 Å². The van der Waals surface area contributed by atoms with Gasteiger partial charge >= 0.3 is 0 Å². The number of ketones is 1. The number of likely N-dealkylation sites (tertiary alicyclic amines) is 1. The molecule has 0 aliphatic carbocycles. The van der Waals surface area contributed by atoms with E-state index in [1.807, 2.05) is 32.0 Å². The number of rotatable bonds is 8. The zero-order chi connectivity index (χ0) is 16.7. The first-order chi connectivity index (χ1) is 11.1. The molecule has 1 saturated heterocycles. The second kappa shape index (κ2) is 8.89. The van der Waals surface area contributed by atoms with Gasteiger partial charge in [0, 0.05) is 32.5 Å². The lowest BCUT2D eigenvalue weighted by Gasteiger charge is -2.26. The van der Waals surface area contributed by atoms with Crippen LogP contribution in [0.15, 0.2) is 18.2 Å². The van der Waals surface area contributed by atoms with Gasteiger partial charge in [0.15, 0.2) is 11.5 Å². The molecular formula is C18H27NO4. The highest BCUT2D eigenvalue weighted by Crippen LogP contribution is 2.31. The summed E-state index contributed by atoms with van der Waals surface area (Å²) in [5.41, 5.74) is 0.838. The van der Waals surface area contributed by atoms with Crippen LogP contribution in [0.25, 0.3) is 0 Å². The molecule has 0 aromatic heterocycles. The van der Waals surface area contributed by atoms with Crippen molar-refractivity contribution < 1.29 is 19.4 Å². The third-order valence-electron chi connectivity index (χ3n) is 4.08. The van der Waals surface area contributed by atoms with Gasteiger partial charge in [-0.15, -0.1) is 0 Å². The predicted molar refractivity (Wildman–Crippen MR) is 89.0 cm³/mol. The van der Waals surface area contributed by atoms with Crippen LogP contribution in [0.3, 0.4) is 0 Å². The summed E-state index contributed by atoms with van der Waals surface area (Å²) >= 11 is 0. The topological polar surface area (TPSA) is 59.0 Å². The third-order valence-corrected chi connectivity index (χ3v) is 4.08. The molecule has 0 saturated carbocycles. The number of carbonyl (C=O) groups excluding carboxylic acids is 1. The van der Waals surface area contributed by atoms with Crippen LogP contribution in [0.2, 0.25) is 0 Å². The summed E-state index contributed by atoms with van der Waals surface area (Å²) in [5, 5.41) is 10.4. The summed E-state index contributed by atoms with van der Waals surface area (Å²) in [5.74, 6) is 1.73. The average Bonchev–Trinajstić information content (AvgIpc) is 2.56. The van der Waals surface area contributed by atoms with Crippen LogP contribution < -0.4 is 9.47 Å². The van der Waals surface area contributed by atoms with Gasteiger partial charge in [0.05, 0.1) is 19.3 Å². The summed E-state index contributed by atoms with van der Waals surface area (Å²) in [7, 11) is 0. The summed E-state index contributed by atoms with van der Waals surface area (Å²) in [6, 6.07) is 5.60. The second-order valence-corrected chi connectivity index (χ2v) is 5.76. The summed E-state index contributed by atoms with van der Waals surface area (Å²) in [4.78, 5) is 13.5. The van der Waals surface area contributed by atoms with Gasteiger partial charge < -0.3 is 19.5 Å². The molecule has 0 spiro atoms. The number of ether oxygens (including phenoxy) is 2. The van der Waals surface area contributed by atoms with Crippen molar-refractivity contribution in [3.8, 4) is 11.5 Å². The molecule has 5 heteroatoms. The van der Waals surface area contributed by atoms with E-state index in [0.717, 1.165) is 25.2 Å². The van der Waals surface area contributed by atoms with Gasteiger partial charge in [-0.3, -0.25) is 4.79 Å². The van der Waals surface area contributed by atoms with Crippen molar-refractivity contribution in [3.63, 3.8) is 0 Å². The maximum Gasteiger partial charge on any atom is 0.161 e. The molecule has 1 unspecified atom stereocenters. The molecule has 5 nitrogen and oxygen atoms in total. The normalized spacial score (nSPS) is 17.1. The summed E-state index contributed by atoms with van der Waals surface area (Å²) in [6.07, 6.45) is 1.37. The minimum atomic E-state index is -0.539. The van der Waals surface area contributed by atoms with E-state index in [1.165, 1.54) is 0 Å². The Labute approximate surface area is 138 Å². The molecule has 1 aromatic rings. The zero-order valence-electron chi connectivity index (χ0n) is 14.1. The van der Waals surface area contributed by atoms with Crippen molar-refractivity contribution in [3.05, 3.63) is 23.8 Å². The smallest absolute Gasteiger partial charge is 0.161 e. The van der Waals surface area contributed by atoms with Crippen molar-refractivity contribution in [1.29, 1.82) is 0 Å². The maximum absolute atomic E-state index is 11.3. The van der Waals surface area contributed by atoms with E-state index in [1.54, 1.807) is 0 Å². The van der Waals surface area contributed by atoms with Crippen LogP contribution in [-0.2, 0) is 4.79 Å². The van der Waals surface area contributed by atoms with Crippen molar-refractivity contribution >= 4 is 5.78 Å². The fraction of sp³-hybridized carbons (Fsp3) is 0.611. The number of hydrogen-bond donors (Lipinski definition) is 1. The fourth-order valence-electron chi connectivity index (χ4n) is 2.77. The second-order valence-electron chi connectivity index (χ2n) is 5.76. The zero-order valence-corrected chi connectivity index (χ0v) is 14.1. The molecule has 1 fully saturated rings. The Morgan fingerprint density at radius 3 is 2.43 bits per heavy atom. The number of aliphatic hydroxyl groups excluding tert-OH is 1. The van der Waals surface area contributed by atoms with Gasteiger partial charge in [0.25, 0.3) is 0 Å². The highest BCUT2D eigenvalue weighted by Gasteiger charge is 2.18. The molecule has 0 radical (unpaired) electrons. The highest BCUT2D eigenvalue weighted by atomic mass is 16.5. The van der Waals surface area contributed by atoms with E-state index in [4.69, 9.17) is 9.47 Å². The van der Waals surface area contributed by atoms with E-state index in [-0.39, 0.29) is 0 Å². The Bertz CT molecular complexity index is 508. The minimum absolute atomic E-state index is 0.342. The number of aliphatic hydroxyl groups is 1. The van der Waals surface area contributed by atoms with E-state index in [9.17, 15) is 9.90 Å². The van der Waals surface area contributed by atoms with Crippen molar-refractivity contribution in [2.24, 2.45) is 0 Å². The van der Waals surface area contributed by atoms with Crippen molar-refractivity contribution in [2.75, 3.05) is 32.8 Å². The number of hydrogen-bond acceptors (Lipinski definition) is 5. The number of carbonyl (C=O) groups is 1. The van der Waals surface area contributed by atoms with Crippen molar-refractivity contribution in [1.82, 2.24) is 4.90 Å². The lowest BCUT2D eigenvalue weighted by Crippen LogP contribution is -2.35. The quantitative estimate of drug-likeness (QED) is 0.797. The Hall–Kier alpha value is -1.59. The molecule has 0 bridgehead atoms. The van der Waals surface area contributed by atoms with Crippen LogP contribution in [-0.4, -0.2) is 48.6 Å². The third kappa shape index (κ3) is 5.22. The van der Waals surface area contributed by atoms with E-state index < -0.39 is 6.10 Å². The first kappa shape index (κ1) is 17.8. The molecular weight excluding hydrogens is 294 g/mol.